The van der Waals surface area contributed by atoms with E-state index < -0.39 is 5.91 Å². The number of nitrogens with one attached hydrogen (secondary N) is 1. The van der Waals surface area contributed by atoms with Crippen LogP contribution in [0.25, 0.3) is 0 Å². The van der Waals surface area contributed by atoms with Crippen molar-refractivity contribution in [3.8, 4) is 0 Å². The van der Waals surface area contributed by atoms with Gasteiger partial charge >= 0.3 is 5.91 Å². The highest BCUT2D eigenvalue weighted by atomic mass is 35.5. The summed E-state index contributed by atoms with van der Waals surface area (Å²) in [5.41, 5.74) is 2.01. The molecule has 1 aromatic carbocycles. The average molecular weight is 317 g/mol. The summed E-state index contributed by atoms with van der Waals surface area (Å²) in [6, 6.07) is 8.53. The third-order valence-corrected chi connectivity index (χ3v) is 4.03. The summed E-state index contributed by atoms with van der Waals surface area (Å²) < 4.78 is 5.34. The van der Waals surface area contributed by atoms with Crippen molar-refractivity contribution in [1.82, 2.24) is 5.43 Å². The molecule has 1 heterocycles. The largest absolute Gasteiger partial charge is 0.455 e. The van der Waals surface area contributed by atoms with Gasteiger partial charge in [-0.2, -0.15) is 0 Å². The smallest absolute Gasteiger partial charge is 0.300 e. The maximum Gasteiger partial charge on any atom is 0.300 e. The number of rotatable bonds is 4. The molecule has 19 heavy (non-hydrogen) atoms. The summed E-state index contributed by atoms with van der Waals surface area (Å²) in [6.07, 6.45) is 0. The third kappa shape index (κ3) is 3.67. The Balaban J connectivity index is 2.04. The van der Waals surface area contributed by atoms with E-state index in [2.05, 4.69) is 0 Å². The van der Waals surface area contributed by atoms with Crippen molar-refractivity contribution < 1.29 is 9.21 Å². The van der Waals surface area contributed by atoms with Gasteiger partial charge in [-0.25, -0.2) is 5.84 Å². The first kappa shape index (κ1) is 14.3. The average Bonchev–Trinajstić information content (AvgIpc) is 2.88. The minimum atomic E-state index is -0.461. The zero-order chi connectivity index (χ0) is 13.8. The maximum absolute atomic E-state index is 11.2. The molecule has 0 fully saturated rings. The van der Waals surface area contributed by atoms with E-state index in [0.29, 0.717) is 21.6 Å². The van der Waals surface area contributed by atoms with Crippen molar-refractivity contribution in [3.05, 3.63) is 51.9 Å². The van der Waals surface area contributed by atoms with Crippen molar-refractivity contribution in [1.29, 1.82) is 0 Å². The minimum absolute atomic E-state index is 0.176. The van der Waals surface area contributed by atoms with E-state index in [1.54, 1.807) is 30.3 Å². The molecule has 0 saturated heterocycles. The summed E-state index contributed by atoms with van der Waals surface area (Å²) in [6.45, 7) is 0. The number of benzene rings is 1. The summed E-state index contributed by atoms with van der Waals surface area (Å²) in [5.74, 6) is 5.93. The van der Waals surface area contributed by atoms with Gasteiger partial charge in [0.15, 0.2) is 5.76 Å². The molecule has 0 bridgehead atoms. The summed E-state index contributed by atoms with van der Waals surface area (Å²) in [4.78, 5) is 12.1. The van der Waals surface area contributed by atoms with Crippen LogP contribution in [0.3, 0.4) is 0 Å². The Bertz CT molecular complexity index is 601. The number of thioether (sulfide) groups is 1. The number of hydrogen-bond acceptors (Lipinski definition) is 4. The van der Waals surface area contributed by atoms with Crippen molar-refractivity contribution >= 4 is 40.9 Å². The topological polar surface area (TPSA) is 68.3 Å². The number of amides is 1. The molecule has 0 radical (unpaired) electrons. The van der Waals surface area contributed by atoms with Gasteiger partial charge < -0.3 is 4.42 Å². The number of carbonyl (C=O) groups is 1. The van der Waals surface area contributed by atoms with Crippen LogP contribution < -0.4 is 11.3 Å². The van der Waals surface area contributed by atoms with Crippen LogP contribution in [0, 0.1) is 0 Å². The SMILES string of the molecule is NNC(=O)c1ccc(CSc2cc(Cl)ccc2Cl)o1. The third-order valence-electron chi connectivity index (χ3n) is 2.28. The van der Waals surface area contributed by atoms with E-state index >= 15 is 0 Å². The lowest BCUT2D eigenvalue weighted by atomic mass is 10.4. The van der Waals surface area contributed by atoms with Gasteiger partial charge in [-0.3, -0.25) is 10.2 Å². The van der Waals surface area contributed by atoms with Crippen LogP contribution in [0.4, 0.5) is 0 Å². The predicted molar refractivity (Wildman–Crippen MR) is 76.4 cm³/mol. The molecular weight excluding hydrogens is 307 g/mol. The van der Waals surface area contributed by atoms with Crippen molar-refractivity contribution in [2.45, 2.75) is 10.6 Å². The van der Waals surface area contributed by atoms with Crippen LogP contribution in [0.1, 0.15) is 16.3 Å². The maximum atomic E-state index is 11.2. The van der Waals surface area contributed by atoms with Gasteiger partial charge in [0.05, 0.1) is 10.8 Å². The molecule has 0 atom stereocenters. The van der Waals surface area contributed by atoms with Crippen LogP contribution in [0.5, 0.6) is 0 Å². The monoisotopic (exact) mass is 316 g/mol. The quantitative estimate of drug-likeness (QED) is 0.392. The Morgan fingerprint density at radius 3 is 2.84 bits per heavy atom. The molecule has 0 aliphatic carbocycles. The van der Waals surface area contributed by atoms with E-state index in [-0.39, 0.29) is 5.76 Å². The van der Waals surface area contributed by atoms with Crippen molar-refractivity contribution in [2.24, 2.45) is 5.84 Å². The molecule has 1 amide bonds. The number of hydrogen-bond donors (Lipinski definition) is 2. The number of halogens is 2. The fraction of sp³-hybridized carbons (Fsp3) is 0.0833. The van der Waals surface area contributed by atoms with Crippen LogP contribution in [0.2, 0.25) is 10.0 Å². The highest BCUT2D eigenvalue weighted by molar-refractivity contribution is 7.98. The van der Waals surface area contributed by atoms with Gasteiger partial charge in [0.1, 0.15) is 5.76 Å². The Labute approximate surface area is 124 Å². The lowest BCUT2D eigenvalue weighted by molar-refractivity contribution is 0.0924. The predicted octanol–water partition coefficient (Wildman–Crippen LogP) is 3.48. The molecule has 7 heteroatoms. The molecule has 0 aliphatic heterocycles. The van der Waals surface area contributed by atoms with Gasteiger partial charge in [0, 0.05) is 9.92 Å². The van der Waals surface area contributed by atoms with Gasteiger partial charge in [0.25, 0.3) is 0 Å². The van der Waals surface area contributed by atoms with Gasteiger partial charge in [0.2, 0.25) is 0 Å². The Morgan fingerprint density at radius 1 is 1.32 bits per heavy atom. The van der Waals surface area contributed by atoms with Crippen molar-refractivity contribution in [3.63, 3.8) is 0 Å². The molecule has 0 spiro atoms. The molecule has 100 valence electrons. The number of hydrazine groups is 1. The normalized spacial score (nSPS) is 10.5. The zero-order valence-corrected chi connectivity index (χ0v) is 12.0. The van der Waals surface area contributed by atoms with Gasteiger partial charge in [-0.15, -0.1) is 11.8 Å². The second-order valence-electron chi connectivity index (χ2n) is 3.60. The first-order chi connectivity index (χ1) is 9.10. The van der Waals surface area contributed by atoms with E-state index in [4.69, 9.17) is 33.5 Å². The van der Waals surface area contributed by atoms with Crippen LogP contribution >= 0.6 is 35.0 Å². The van der Waals surface area contributed by atoms with E-state index in [1.807, 2.05) is 5.43 Å². The van der Waals surface area contributed by atoms with Crippen LogP contribution in [-0.2, 0) is 5.75 Å². The summed E-state index contributed by atoms with van der Waals surface area (Å²) >= 11 is 13.4. The Hall–Kier alpha value is -1.14. The molecule has 2 rings (SSSR count). The Morgan fingerprint density at radius 2 is 2.11 bits per heavy atom. The molecule has 0 unspecified atom stereocenters. The molecule has 1 aromatic heterocycles. The number of carbonyl (C=O) groups excluding carboxylic acids is 1. The zero-order valence-electron chi connectivity index (χ0n) is 9.65. The fourth-order valence-electron chi connectivity index (χ4n) is 1.39. The lowest BCUT2D eigenvalue weighted by Crippen LogP contribution is -2.29. The van der Waals surface area contributed by atoms with Crippen LogP contribution in [0.15, 0.2) is 39.6 Å². The highest BCUT2D eigenvalue weighted by Gasteiger charge is 2.10. The molecule has 2 aromatic rings. The van der Waals surface area contributed by atoms with Crippen molar-refractivity contribution in [2.75, 3.05) is 0 Å². The lowest BCUT2D eigenvalue weighted by Gasteiger charge is -2.03. The minimum Gasteiger partial charge on any atom is -0.455 e. The Kier molecular flexibility index (Phi) is 4.76. The van der Waals surface area contributed by atoms with Gasteiger partial charge in [-0.05, 0) is 30.3 Å². The molecule has 4 nitrogen and oxygen atoms in total. The summed E-state index contributed by atoms with van der Waals surface area (Å²) in [5, 5.41) is 1.25. The highest BCUT2D eigenvalue weighted by Crippen LogP contribution is 2.32. The standard InChI is InChI=1S/C12H10Cl2N2O2S/c13-7-1-3-9(14)11(5-7)19-6-8-2-4-10(18-8)12(17)16-15/h1-5H,6,15H2,(H,16,17). The molecular formula is C12H10Cl2N2O2S. The summed E-state index contributed by atoms with van der Waals surface area (Å²) in [7, 11) is 0. The number of nitrogen functional groups attached to an aromatic ring is 1. The number of furan rings is 1. The fourth-order valence-corrected chi connectivity index (χ4v) is 2.77. The van der Waals surface area contributed by atoms with E-state index in [9.17, 15) is 4.79 Å². The van der Waals surface area contributed by atoms with E-state index in [1.165, 1.54) is 11.8 Å². The first-order valence-electron chi connectivity index (χ1n) is 5.27. The van der Waals surface area contributed by atoms with Gasteiger partial charge in [-0.1, -0.05) is 23.2 Å². The molecule has 0 aliphatic rings. The first-order valence-corrected chi connectivity index (χ1v) is 7.02. The second kappa shape index (κ2) is 6.34. The van der Waals surface area contributed by atoms with E-state index in [0.717, 1.165) is 4.90 Å². The van der Waals surface area contributed by atoms with Crippen LogP contribution in [-0.4, -0.2) is 5.91 Å². The number of nitrogens with two attached hydrogens (primary N) is 1. The molecule has 0 saturated carbocycles. The second-order valence-corrected chi connectivity index (χ2v) is 5.46. The molecule has 3 N–H and O–H groups in total.